The first kappa shape index (κ1) is 24.8. The third-order valence-corrected chi connectivity index (χ3v) is 6.78. The smallest absolute Gasteiger partial charge is 0.416 e. The Morgan fingerprint density at radius 3 is 2.27 bits per heavy atom. The Morgan fingerprint density at radius 1 is 0.973 bits per heavy atom. The third kappa shape index (κ3) is 5.15. The van der Waals surface area contributed by atoms with Crippen molar-refractivity contribution < 1.29 is 22.7 Å². The van der Waals surface area contributed by atoms with E-state index in [0.717, 1.165) is 60.8 Å². The summed E-state index contributed by atoms with van der Waals surface area (Å²) in [4.78, 5) is 28.2. The first-order chi connectivity index (χ1) is 17.7. The number of benzene rings is 2. The second kappa shape index (κ2) is 9.85. The van der Waals surface area contributed by atoms with Gasteiger partial charge < -0.3 is 14.6 Å². The monoisotopic (exact) mass is 509 g/mol. The van der Waals surface area contributed by atoms with Gasteiger partial charge in [-0.1, -0.05) is 24.3 Å². The molecule has 0 saturated carbocycles. The van der Waals surface area contributed by atoms with Crippen LogP contribution in [-0.2, 0) is 15.7 Å². The maximum atomic E-state index is 13.0. The summed E-state index contributed by atoms with van der Waals surface area (Å²) in [6.07, 6.45) is -2.57. The lowest BCUT2D eigenvalue weighted by atomic mass is 10.1. The number of hydrogen-bond acceptors (Lipinski definition) is 6. The minimum Gasteiger partial charge on any atom is -0.468 e. The van der Waals surface area contributed by atoms with Crippen LogP contribution in [0.1, 0.15) is 12.5 Å². The van der Waals surface area contributed by atoms with Gasteiger partial charge in [0.25, 0.3) is 0 Å². The van der Waals surface area contributed by atoms with E-state index >= 15 is 0 Å². The van der Waals surface area contributed by atoms with E-state index in [2.05, 4.69) is 24.8 Å². The van der Waals surface area contributed by atoms with Gasteiger partial charge in [0.2, 0.25) is 0 Å². The van der Waals surface area contributed by atoms with Crippen molar-refractivity contribution in [1.82, 2.24) is 19.9 Å². The summed E-state index contributed by atoms with van der Waals surface area (Å²) in [5.74, 6) is 1.17. The predicted octanol–water partition coefficient (Wildman–Crippen LogP) is 4.99. The molecule has 0 amide bonds. The van der Waals surface area contributed by atoms with Crippen molar-refractivity contribution in [2.75, 3.05) is 38.2 Å². The van der Waals surface area contributed by atoms with Crippen molar-refractivity contribution in [3.05, 3.63) is 66.4 Å². The average molecular weight is 510 g/mol. The molecule has 1 aliphatic heterocycles. The Hall–Kier alpha value is -3.92. The van der Waals surface area contributed by atoms with Gasteiger partial charge in [-0.25, -0.2) is 9.97 Å². The number of methoxy groups -OCH3 is 1. The number of nitrogens with zero attached hydrogens (tertiary/aromatic N) is 4. The van der Waals surface area contributed by atoms with Crippen LogP contribution in [0.25, 0.3) is 33.5 Å². The molecule has 0 spiro atoms. The van der Waals surface area contributed by atoms with Crippen LogP contribution >= 0.6 is 0 Å². The second-order valence-electron chi connectivity index (χ2n) is 9.02. The van der Waals surface area contributed by atoms with Crippen LogP contribution < -0.4 is 4.90 Å². The molecule has 1 N–H and O–H groups in total. The molecule has 2 aromatic heterocycles. The van der Waals surface area contributed by atoms with Gasteiger partial charge in [0, 0.05) is 43.5 Å². The maximum absolute atomic E-state index is 13.0. The van der Waals surface area contributed by atoms with E-state index < -0.39 is 11.7 Å². The molecule has 3 heterocycles. The second-order valence-corrected chi connectivity index (χ2v) is 9.02. The van der Waals surface area contributed by atoms with Crippen LogP contribution in [0.4, 0.5) is 19.0 Å². The van der Waals surface area contributed by atoms with Gasteiger partial charge >= 0.3 is 12.1 Å². The van der Waals surface area contributed by atoms with Crippen LogP contribution in [0.15, 0.2) is 60.8 Å². The molecule has 1 atom stereocenters. The zero-order valence-electron chi connectivity index (χ0n) is 20.4. The third-order valence-electron chi connectivity index (χ3n) is 6.78. The Kier molecular flexibility index (Phi) is 6.59. The number of nitrogens with one attached hydrogen (secondary N) is 1. The van der Waals surface area contributed by atoms with E-state index in [1.165, 1.54) is 13.2 Å². The fourth-order valence-corrected chi connectivity index (χ4v) is 4.55. The highest BCUT2D eigenvalue weighted by Crippen LogP contribution is 2.32. The first-order valence-electron chi connectivity index (χ1n) is 11.9. The van der Waals surface area contributed by atoms with Crippen molar-refractivity contribution in [3.63, 3.8) is 0 Å². The summed E-state index contributed by atoms with van der Waals surface area (Å²) < 4.78 is 43.9. The summed E-state index contributed by atoms with van der Waals surface area (Å²) in [5.41, 5.74) is 2.81. The van der Waals surface area contributed by atoms with Crippen LogP contribution in [0.5, 0.6) is 0 Å². The minimum atomic E-state index is -4.40. The number of aromatic nitrogens is 3. The molecule has 1 fully saturated rings. The molecule has 0 radical (unpaired) electrons. The Labute approximate surface area is 211 Å². The highest BCUT2D eigenvalue weighted by Gasteiger charge is 2.31. The Balaban J connectivity index is 1.26. The number of esters is 1. The largest absolute Gasteiger partial charge is 0.468 e. The van der Waals surface area contributed by atoms with Crippen molar-refractivity contribution in [2.45, 2.75) is 19.1 Å². The fourth-order valence-electron chi connectivity index (χ4n) is 4.55. The lowest BCUT2D eigenvalue weighted by molar-refractivity contribution is -0.146. The number of ether oxygens (including phenoxy) is 1. The number of H-pyrrole nitrogens is 1. The molecule has 2 aromatic carbocycles. The molecule has 0 bridgehead atoms. The van der Waals surface area contributed by atoms with E-state index in [0.29, 0.717) is 16.9 Å². The van der Waals surface area contributed by atoms with Gasteiger partial charge in [0.1, 0.15) is 17.7 Å². The summed E-state index contributed by atoms with van der Waals surface area (Å²) in [5, 5.41) is 0. The van der Waals surface area contributed by atoms with E-state index in [1.54, 1.807) is 0 Å². The van der Waals surface area contributed by atoms with Crippen LogP contribution in [0.2, 0.25) is 0 Å². The normalized spacial score (nSPS) is 15.6. The number of imidazole rings is 1. The van der Waals surface area contributed by atoms with E-state index in [-0.39, 0.29) is 12.0 Å². The molecule has 1 saturated heterocycles. The van der Waals surface area contributed by atoms with Crippen molar-refractivity contribution >= 4 is 22.8 Å². The SMILES string of the molecule is COC(=O)C(C)N1CCN(c2ccc(-c3ccc(-c4nc5ccc(C(F)(F)F)cc5[nH]4)cc3)cn2)CC1. The summed E-state index contributed by atoms with van der Waals surface area (Å²) in [7, 11) is 1.41. The maximum Gasteiger partial charge on any atom is 0.416 e. The van der Waals surface area contributed by atoms with E-state index in [4.69, 9.17) is 4.74 Å². The Bertz CT molecular complexity index is 1390. The quantitative estimate of drug-likeness (QED) is 0.382. The molecule has 1 unspecified atom stereocenters. The number of pyridine rings is 1. The number of hydrogen-bond donors (Lipinski definition) is 1. The van der Waals surface area contributed by atoms with Crippen LogP contribution in [0, 0.1) is 0 Å². The summed E-state index contributed by atoms with van der Waals surface area (Å²) >= 11 is 0. The Morgan fingerprint density at radius 2 is 1.65 bits per heavy atom. The number of aromatic amines is 1. The topological polar surface area (TPSA) is 74.3 Å². The van der Waals surface area contributed by atoms with Gasteiger partial charge in [-0.15, -0.1) is 0 Å². The number of carbonyl (C=O) groups is 1. The fraction of sp³-hybridized carbons (Fsp3) is 0.296. The molecule has 7 nitrogen and oxygen atoms in total. The number of anilines is 1. The van der Waals surface area contributed by atoms with Crippen LogP contribution in [0.3, 0.4) is 0 Å². The van der Waals surface area contributed by atoms with Gasteiger partial charge in [-0.05, 0) is 42.8 Å². The van der Waals surface area contributed by atoms with Gasteiger partial charge in [0.15, 0.2) is 0 Å². The molecule has 4 aromatic rings. The van der Waals surface area contributed by atoms with Crippen molar-refractivity contribution in [3.8, 4) is 22.5 Å². The standard InChI is InChI=1S/C27H26F3N5O2/c1-17(26(36)37-2)34-11-13-35(14-12-34)24-10-7-20(16-31-24)18-3-5-19(6-4-18)25-32-22-9-8-21(27(28,29)30)15-23(22)33-25/h3-10,15-17H,11-14H2,1-2H3,(H,32,33). The molecule has 0 aliphatic carbocycles. The number of alkyl halides is 3. The number of rotatable bonds is 5. The molecule has 37 heavy (non-hydrogen) atoms. The zero-order valence-corrected chi connectivity index (χ0v) is 20.4. The molecule has 1 aliphatic rings. The predicted molar refractivity (Wildman–Crippen MR) is 135 cm³/mol. The number of halogens is 3. The van der Waals surface area contributed by atoms with Crippen molar-refractivity contribution in [1.29, 1.82) is 0 Å². The summed E-state index contributed by atoms with van der Waals surface area (Å²) in [6, 6.07) is 14.9. The lowest BCUT2D eigenvalue weighted by Crippen LogP contribution is -2.52. The molecular formula is C27H26F3N5O2. The van der Waals surface area contributed by atoms with E-state index in [9.17, 15) is 18.0 Å². The lowest BCUT2D eigenvalue weighted by Gasteiger charge is -2.37. The van der Waals surface area contributed by atoms with Gasteiger partial charge in [-0.2, -0.15) is 13.2 Å². The molecular weight excluding hydrogens is 483 g/mol. The highest BCUT2D eigenvalue weighted by atomic mass is 19.4. The molecule has 5 rings (SSSR count). The number of piperazine rings is 1. The average Bonchev–Trinajstić information content (AvgIpc) is 3.36. The van der Waals surface area contributed by atoms with Crippen molar-refractivity contribution in [2.24, 2.45) is 0 Å². The molecule has 10 heteroatoms. The number of carbonyl (C=O) groups excluding carboxylic acids is 1. The summed E-state index contributed by atoms with van der Waals surface area (Å²) in [6.45, 7) is 4.90. The highest BCUT2D eigenvalue weighted by molar-refractivity contribution is 5.80. The minimum absolute atomic E-state index is 0.224. The molecule has 192 valence electrons. The van der Waals surface area contributed by atoms with Gasteiger partial charge in [-0.3, -0.25) is 9.69 Å². The van der Waals surface area contributed by atoms with Crippen LogP contribution in [-0.4, -0.2) is 65.2 Å². The van der Waals surface area contributed by atoms with Gasteiger partial charge in [0.05, 0.1) is 23.7 Å². The van der Waals surface area contributed by atoms with E-state index in [1.807, 2.05) is 49.5 Å². The first-order valence-corrected chi connectivity index (χ1v) is 11.9. The zero-order chi connectivity index (χ0) is 26.2. The number of fused-ring (bicyclic) bond motifs is 1.